The van der Waals surface area contributed by atoms with Gasteiger partial charge in [-0.25, -0.2) is 10.9 Å². The number of hydrogen-bond acceptors (Lipinski definition) is 7. The number of ether oxygens (including phenoxy) is 2. The third-order valence-corrected chi connectivity index (χ3v) is 5.40. The molecule has 2 unspecified atom stereocenters. The second kappa shape index (κ2) is 8.30. The van der Waals surface area contributed by atoms with Crippen LogP contribution in [0.15, 0.2) is 34.9 Å². The van der Waals surface area contributed by atoms with Crippen molar-refractivity contribution in [3.63, 3.8) is 0 Å². The van der Waals surface area contributed by atoms with Crippen LogP contribution in [0, 0.1) is 12.8 Å². The first-order valence-corrected chi connectivity index (χ1v) is 9.57. The fourth-order valence-corrected chi connectivity index (χ4v) is 3.80. The predicted octanol–water partition coefficient (Wildman–Crippen LogP) is 1.27. The Morgan fingerprint density at radius 3 is 2.82 bits per heavy atom. The summed E-state index contributed by atoms with van der Waals surface area (Å²) in [4.78, 5) is 12.8. The summed E-state index contributed by atoms with van der Waals surface area (Å²) in [5, 5.41) is 7.07. The summed E-state index contributed by atoms with van der Waals surface area (Å²) in [5.41, 5.74) is 8.31. The van der Waals surface area contributed by atoms with Crippen molar-refractivity contribution in [2.24, 2.45) is 5.92 Å². The normalized spacial score (nSPS) is 27.1. The second-order valence-electron chi connectivity index (χ2n) is 7.45. The average Bonchev–Trinajstić information content (AvgIpc) is 3.44. The van der Waals surface area contributed by atoms with Crippen LogP contribution < -0.4 is 20.9 Å². The molecule has 2 saturated heterocycles. The number of hydrazine groups is 1. The van der Waals surface area contributed by atoms with Crippen molar-refractivity contribution in [2.75, 3.05) is 20.3 Å². The van der Waals surface area contributed by atoms with Gasteiger partial charge in [0, 0.05) is 24.4 Å². The maximum Gasteiger partial charge on any atom is 0.238 e. The van der Waals surface area contributed by atoms with Crippen LogP contribution in [0.2, 0.25) is 0 Å². The molecule has 0 saturated carbocycles. The van der Waals surface area contributed by atoms with Crippen molar-refractivity contribution < 1.29 is 18.8 Å². The third-order valence-electron chi connectivity index (χ3n) is 5.40. The minimum Gasteiger partial charge on any atom is -0.497 e. The number of nitrogens with one attached hydrogen (secondary N) is 3. The van der Waals surface area contributed by atoms with E-state index in [1.807, 2.05) is 37.3 Å². The van der Waals surface area contributed by atoms with Crippen molar-refractivity contribution in [3.05, 3.63) is 47.3 Å². The van der Waals surface area contributed by atoms with Gasteiger partial charge in [0.1, 0.15) is 17.6 Å². The lowest BCUT2D eigenvalue weighted by molar-refractivity contribution is -0.123. The Labute approximate surface area is 163 Å². The molecule has 2 fully saturated rings. The summed E-state index contributed by atoms with van der Waals surface area (Å²) >= 11 is 0. The smallest absolute Gasteiger partial charge is 0.238 e. The number of benzene rings is 1. The van der Waals surface area contributed by atoms with E-state index in [1.54, 1.807) is 7.11 Å². The molecule has 1 aromatic carbocycles. The molecule has 0 bridgehead atoms. The molecular weight excluding hydrogens is 360 g/mol. The van der Waals surface area contributed by atoms with Crippen LogP contribution in [-0.4, -0.2) is 43.5 Å². The van der Waals surface area contributed by atoms with Crippen LogP contribution in [0.1, 0.15) is 29.5 Å². The molecule has 0 radical (unpaired) electrons. The molecule has 8 heteroatoms. The maximum atomic E-state index is 12.8. The van der Waals surface area contributed by atoms with Gasteiger partial charge >= 0.3 is 0 Å². The molecule has 1 amide bonds. The van der Waals surface area contributed by atoms with Crippen LogP contribution in [-0.2, 0) is 16.0 Å². The van der Waals surface area contributed by atoms with Crippen LogP contribution in [0.25, 0.3) is 0 Å². The summed E-state index contributed by atoms with van der Waals surface area (Å²) in [7, 11) is 1.65. The van der Waals surface area contributed by atoms with Gasteiger partial charge in [-0.05, 0) is 31.0 Å². The molecule has 0 spiro atoms. The zero-order valence-corrected chi connectivity index (χ0v) is 16.1. The topological polar surface area (TPSA) is 97.7 Å². The zero-order valence-electron chi connectivity index (χ0n) is 16.1. The Hall–Kier alpha value is -2.42. The van der Waals surface area contributed by atoms with Crippen LogP contribution >= 0.6 is 0 Å². The lowest BCUT2D eigenvalue weighted by Gasteiger charge is -2.20. The zero-order chi connectivity index (χ0) is 19.5. The lowest BCUT2D eigenvalue weighted by atomic mass is 9.97. The number of rotatable bonds is 6. The largest absolute Gasteiger partial charge is 0.497 e. The fourth-order valence-electron chi connectivity index (χ4n) is 3.80. The van der Waals surface area contributed by atoms with Gasteiger partial charge in [-0.15, -0.1) is 0 Å². The average molecular weight is 386 g/mol. The van der Waals surface area contributed by atoms with Crippen LogP contribution in [0.4, 0.5) is 0 Å². The highest BCUT2D eigenvalue weighted by molar-refractivity contribution is 5.82. The molecule has 2 aromatic rings. The summed E-state index contributed by atoms with van der Waals surface area (Å²) in [5.74, 6) is 1.81. The standard InChI is InChI=1S/C20H26N4O4/c1-12-7-16(28-24-12)8-14-10-27-11-19(14)21-20(25)18-9-17(22-23-18)13-3-5-15(26-2)6-4-13/h3-7,14,17-19,22-23H,8-11H2,1-2H3,(H,21,25)/t14-,17?,18?,19+/m1/s1. The number of aromatic nitrogens is 1. The van der Waals surface area contributed by atoms with E-state index in [2.05, 4.69) is 21.3 Å². The van der Waals surface area contributed by atoms with Crippen LogP contribution in [0.5, 0.6) is 5.75 Å². The molecule has 1 aromatic heterocycles. The molecule has 3 N–H and O–H groups in total. The van der Waals surface area contributed by atoms with E-state index in [4.69, 9.17) is 14.0 Å². The second-order valence-corrected chi connectivity index (χ2v) is 7.45. The predicted molar refractivity (Wildman–Crippen MR) is 102 cm³/mol. The van der Waals surface area contributed by atoms with E-state index < -0.39 is 0 Å². The Kier molecular flexibility index (Phi) is 5.61. The number of methoxy groups -OCH3 is 1. The summed E-state index contributed by atoms with van der Waals surface area (Å²) in [6.07, 6.45) is 1.38. The van der Waals surface area contributed by atoms with Gasteiger partial charge in [-0.3, -0.25) is 4.79 Å². The fraction of sp³-hybridized carbons (Fsp3) is 0.500. The SMILES string of the molecule is COc1ccc(C2CC(C(=O)N[C@H]3COC[C@H]3Cc3cc(C)no3)NN2)cc1. The van der Waals surface area contributed by atoms with Gasteiger partial charge in [0.25, 0.3) is 0 Å². The molecule has 2 aliphatic rings. The molecule has 4 rings (SSSR count). The Bertz CT molecular complexity index is 807. The highest BCUT2D eigenvalue weighted by Gasteiger charge is 2.35. The van der Waals surface area contributed by atoms with Gasteiger partial charge in [-0.2, -0.15) is 0 Å². The first kappa shape index (κ1) is 18.9. The number of aryl methyl sites for hydroxylation is 1. The van der Waals surface area contributed by atoms with Crippen molar-refractivity contribution in [3.8, 4) is 5.75 Å². The molecular formula is C20H26N4O4. The monoisotopic (exact) mass is 386 g/mol. The van der Waals surface area contributed by atoms with Gasteiger partial charge < -0.3 is 19.3 Å². The molecule has 28 heavy (non-hydrogen) atoms. The van der Waals surface area contributed by atoms with E-state index in [1.165, 1.54) is 0 Å². The molecule has 150 valence electrons. The Morgan fingerprint density at radius 2 is 2.11 bits per heavy atom. The Morgan fingerprint density at radius 1 is 1.29 bits per heavy atom. The van der Waals surface area contributed by atoms with Crippen molar-refractivity contribution in [1.82, 2.24) is 21.3 Å². The lowest BCUT2D eigenvalue weighted by Crippen LogP contribution is -2.49. The first-order valence-electron chi connectivity index (χ1n) is 9.57. The number of hydrogen-bond donors (Lipinski definition) is 3. The first-order chi connectivity index (χ1) is 13.6. The molecule has 3 heterocycles. The third kappa shape index (κ3) is 4.19. The van der Waals surface area contributed by atoms with Gasteiger partial charge in [0.05, 0.1) is 32.1 Å². The quantitative estimate of drug-likeness (QED) is 0.688. The van der Waals surface area contributed by atoms with E-state index >= 15 is 0 Å². The van der Waals surface area contributed by atoms with Crippen molar-refractivity contribution in [1.29, 1.82) is 0 Å². The summed E-state index contributed by atoms with van der Waals surface area (Å²) in [6, 6.07) is 9.57. The number of carbonyl (C=O) groups is 1. The van der Waals surface area contributed by atoms with E-state index in [-0.39, 0.29) is 30.0 Å². The summed E-state index contributed by atoms with van der Waals surface area (Å²) in [6.45, 7) is 3.02. The number of amides is 1. The number of nitrogens with zero attached hydrogens (tertiary/aromatic N) is 1. The minimum absolute atomic E-state index is 0.0160. The van der Waals surface area contributed by atoms with E-state index in [0.717, 1.165) is 22.8 Å². The molecule has 4 atom stereocenters. The minimum atomic E-state index is -0.291. The Balaban J connectivity index is 1.31. The van der Waals surface area contributed by atoms with Crippen LogP contribution in [0.3, 0.4) is 0 Å². The molecule has 2 aliphatic heterocycles. The van der Waals surface area contributed by atoms with Gasteiger partial charge in [0.15, 0.2) is 0 Å². The van der Waals surface area contributed by atoms with E-state index in [9.17, 15) is 4.79 Å². The van der Waals surface area contributed by atoms with E-state index in [0.29, 0.717) is 26.1 Å². The molecule has 0 aliphatic carbocycles. The highest BCUT2D eigenvalue weighted by atomic mass is 16.5. The highest BCUT2D eigenvalue weighted by Crippen LogP contribution is 2.25. The van der Waals surface area contributed by atoms with Crippen molar-refractivity contribution in [2.45, 2.75) is 37.9 Å². The van der Waals surface area contributed by atoms with Gasteiger partial charge in [-0.1, -0.05) is 17.3 Å². The molecule has 8 nitrogen and oxygen atoms in total. The maximum absolute atomic E-state index is 12.8. The number of carbonyl (C=O) groups excluding carboxylic acids is 1. The van der Waals surface area contributed by atoms with Crippen molar-refractivity contribution >= 4 is 5.91 Å². The summed E-state index contributed by atoms with van der Waals surface area (Å²) < 4.78 is 16.1. The van der Waals surface area contributed by atoms with Gasteiger partial charge in [0.2, 0.25) is 5.91 Å².